The van der Waals surface area contributed by atoms with E-state index in [-0.39, 0.29) is 28.9 Å². The summed E-state index contributed by atoms with van der Waals surface area (Å²) >= 11 is 0. The summed E-state index contributed by atoms with van der Waals surface area (Å²) in [4.78, 5) is 11.6. The SMILES string of the molecule is CCCNCC(C)CNc1cc(Nc2cnc(C#N)cn2)ncc1C(F)(F)F. The topological polar surface area (TPSA) is 98.5 Å². The van der Waals surface area contributed by atoms with Crippen LogP contribution in [0.1, 0.15) is 31.5 Å². The number of anilines is 3. The van der Waals surface area contributed by atoms with Crippen molar-refractivity contribution in [1.82, 2.24) is 20.3 Å². The van der Waals surface area contributed by atoms with Crippen molar-refractivity contribution in [3.63, 3.8) is 0 Å². The minimum absolute atomic E-state index is 0.0612. The molecule has 10 heteroatoms. The Morgan fingerprint density at radius 3 is 2.46 bits per heavy atom. The first-order chi connectivity index (χ1) is 13.3. The van der Waals surface area contributed by atoms with Gasteiger partial charge < -0.3 is 16.0 Å². The predicted octanol–water partition coefficient (Wildman–Crippen LogP) is 3.55. The second-order valence-corrected chi connectivity index (χ2v) is 6.33. The second kappa shape index (κ2) is 9.85. The van der Waals surface area contributed by atoms with Gasteiger partial charge >= 0.3 is 6.18 Å². The zero-order valence-electron chi connectivity index (χ0n) is 15.6. The van der Waals surface area contributed by atoms with Crippen LogP contribution in [0, 0.1) is 17.2 Å². The molecule has 2 aromatic rings. The van der Waals surface area contributed by atoms with Gasteiger partial charge in [-0.15, -0.1) is 0 Å². The van der Waals surface area contributed by atoms with Gasteiger partial charge in [-0.05, 0) is 25.4 Å². The average Bonchev–Trinajstić information content (AvgIpc) is 2.66. The molecule has 0 spiro atoms. The maximum Gasteiger partial charge on any atom is 0.419 e. The van der Waals surface area contributed by atoms with E-state index in [4.69, 9.17) is 5.26 Å². The Kier molecular flexibility index (Phi) is 7.52. The van der Waals surface area contributed by atoms with E-state index in [0.717, 1.165) is 19.2 Å². The van der Waals surface area contributed by atoms with Crippen LogP contribution in [0.4, 0.5) is 30.5 Å². The van der Waals surface area contributed by atoms with Gasteiger partial charge in [-0.3, -0.25) is 0 Å². The molecule has 28 heavy (non-hydrogen) atoms. The summed E-state index contributed by atoms with van der Waals surface area (Å²) in [5.74, 6) is 0.599. The van der Waals surface area contributed by atoms with Crippen molar-refractivity contribution in [2.45, 2.75) is 26.4 Å². The Bertz CT molecular complexity index is 800. The number of halogens is 3. The van der Waals surface area contributed by atoms with Gasteiger partial charge in [0.05, 0.1) is 23.6 Å². The van der Waals surface area contributed by atoms with E-state index >= 15 is 0 Å². The normalized spacial score (nSPS) is 12.3. The lowest BCUT2D eigenvalue weighted by Crippen LogP contribution is -2.27. The van der Waals surface area contributed by atoms with Gasteiger partial charge in [0, 0.05) is 18.8 Å². The number of pyridine rings is 1. The van der Waals surface area contributed by atoms with Gasteiger partial charge in [-0.25, -0.2) is 15.0 Å². The van der Waals surface area contributed by atoms with Gasteiger partial charge in [-0.2, -0.15) is 18.4 Å². The number of nitriles is 1. The molecule has 0 bridgehead atoms. The minimum Gasteiger partial charge on any atom is -0.384 e. The fraction of sp³-hybridized carbons (Fsp3) is 0.444. The monoisotopic (exact) mass is 393 g/mol. The fourth-order valence-electron chi connectivity index (χ4n) is 2.36. The van der Waals surface area contributed by atoms with E-state index in [1.807, 2.05) is 13.0 Å². The van der Waals surface area contributed by atoms with Crippen molar-refractivity contribution in [2.24, 2.45) is 5.92 Å². The summed E-state index contributed by atoms with van der Waals surface area (Å²) in [6, 6.07) is 3.13. The number of hydrogen-bond acceptors (Lipinski definition) is 7. The molecule has 0 aliphatic rings. The lowest BCUT2D eigenvalue weighted by atomic mass is 10.1. The molecule has 1 unspecified atom stereocenters. The largest absolute Gasteiger partial charge is 0.419 e. The molecule has 0 saturated heterocycles. The number of hydrogen-bond donors (Lipinski definition) is 3. The third-order valence-electron chi connectivity index (χ3n) is 3.79. The zero-order chi connectivity index (χ0) is 20.6. The highest BCUT2D eigenvalue weighted by atomic mass is 19.4. The maximum absolute atomic E-state index is 13.3. The van der Waals surface area contributed by atoms with E-state index in [2.05, 4.69) is 37.8 Å². The van der Waals surface area contributed by atoms with Crippen LogP contribution in [0.2, 0.25) is 0 Å². The molecule has 0 amide bonds. The highest BCUT2D eigenvalue weighted by Gasteiger charge is 2.34. The summed E-state index contributed by atoms with van der Waals surface area (Å²) in [7, 11) is 0. The predicted molar refractivity (Wildman–Crippen MR) is 100 cm³/mol. The fourth-order valence-corrected chi connectivity index (χ4v) is 2.36. The lowest BCUT2D eigenvalue weighted by molar-refractivity contribution is -0.137. The number of rotatable bonds is 9. The molecule has 3 N–H and O–H groups in total. The van der Waals surface area contributed by atoms with Gasteiger partial charge in [-0.1, -0.05) is 13.8 Å². The molecule has 0 aliphatic carbocycles. The van der Waals surface area contributed by atoms with Crippen LogP contribution < -0.4 is 16.0 Å². The highest BCUT2D eigenvalue weighted by Crippen LogP contribution is 2.35. The molecular weight excluding hydrogens is 371 g/mol. The second-order valence-electron chi connectivity index (χ2n) is 6.33. The molecule has 0 fully saturated rings. The molecule has 7 nitrogen and oxygen atoms in total. The molecule has 0 saturated carbocycles. The molecule has 2 heterocycles. The molecular formula is C18H22F3N7. The molecule has 150 valence electrons. The molecule has 0 aliphatic heterocycles. The van der Waals surface area contributed by atoms with E-state index in [1.54, 1.807) is 0 Å². The van der Waals surface area contributed by atoms with Crippen molar-refractivity contribution in [3.8, 4) is 6.07 Å². The van der Waals surface area contributed by atoms with Crippen LogP contribution in [-0.2, 0) is 6.18 Å². The van der Waals surface area contributed by atoms with Crippen LogP contribution >= 0.6 is 0 Å². The van der Waals surface area contributed by atoms with Crippen molar-refractivity contribution in [3.05, 3.63) is 35.9 Å². The summed E-state index contributed by atoms with van der Waals surface area (Å²) in [6.45, 7) is 5.96. The van der Waals surface area contributed by atoms with E-state index in [9.17, 15) is 13.2 Å². The Morgan fingerprint density at radius 2 is 1.86 bits per heavy atom. The standard InChI is InChI=1S/C18H22F3N7/c1-3-4-23-7-12(2)8-25-15-5-16(27-10-14(15)18(19,20)21)28-17-11-24-13(6-22)9-26-17/h5,9-12,23H,3-4,7-8H2,1-2H3,(H2,25,26,27,28). The maximum atomic E-state index is 13.3. The van der Waals surface area contributed by atoms with Gasteiger partial charge in [0.2, 0.25) is 0 Å². The van der Waals surface area contributed by atoms with E-state index in [1.165, 1.54) is 18.5 Å². The summed E-state index contributed by atoms with van der Waals surface area (Å²) in [5, 5.41) is 17.6. The van der Waals surface area contributed by atoms with Crippen LogP contribution in [0.15, 0.2) is 24.7 Å². The van der Waals surface area contributed by atoms with Crippen LogP contribution in [-0.4, -0.2) is 34.6 Å². The van der Waals surface area contributed by atoms with Crippen molar-refractivity contribution < 1.29 is 13.2 Å². The molecule has 0 radical (unpaired) electrons. The zero-order valence-corrected chi connectivity index (χ0v) is 15.6. The van der Waals surface area contributed by atoms with E-state index in [0.29, 0.717) is 13.1 Å². The number of nitrogens with zero attached hydrogens (tertiary/aromatic N) is 4. The molecule has 2 rings (SSSR count). The molecule has 1 atom stereocenters. The van der Waals surface area contributed by atoms with Gasteiger partial charge in [0.25, 0.3) is 0 Å². The minimum atomic E-state index is -4.52. The van der Waals surface area contributed by atoms with Crippen molar-refractivity contribution >= 4 is 17.3 Å². The molecule has 0 aromatic carbocycles. The van der Waals surface area contributed by atoms with E-state index < -0.39 is 11.7 Å². The third kappa shape index (κ3) is 6.35. The van der Waals surface area contributed by atoms with Crippen LogP contribution in [0.3, 0.4) is 0 Å². The Labute approximate surface area is 161 Å². The Balaban J connectivity index is 2.13. The average molecular weight is 393 g/mol. The highest BCUT2D eigenvalue weighted by molar-refractivity contribution is 5.62. The summed E-state index contributed by atoms with van der Waals surface area (Å²) < 4.78 is 39.9. The first-order valence-corrected chi connectivity index (χ1v) is 8.84. The van der Waals surface area contributed by atoms with Crippen LogP contribution in [0.5, 0.6) is 0 Å². The number of alkyl halides is 3. The first-order valence-electron chi connectivity index (χ1n) is 8.84. The number of nitrogens with one attached hydrogen (secondary N) is 3. The third-order valence-corrected chi connectivity index (χ3v) is 3.79. The first kappa shape index (κ1) is 21.4. The summed E-state index contributed by atoms with van der Waals surface area (Å²) in [6.07, 6.45) is -0.174. The smallest absolute Gasteiger partial charge is 0.384 e. The Hall–Kier alpha value is -2.93. The number of aromatic nitrogens is 3. The van der Waals surface area contributed by atoms with Crippen molar-refractivity contribution in [2.75, 3.05) is 30.3 Å². The quantitative estimate of drug-likeness (QED) is 0.560. The van der Waals surface area contributed by atoms with Gasteiger partial charge in [0.1, 0.15) is 17.7 Å². The van der Waals surface area contributed by atoms with Crippen LogP contribution in [0.25, 0.3) is 0 Å². The Morgan fingerprint density at radius 1 is 1.11 bits per heavy atom. The summed E-state index contributed by atoms with van der Waals surface area (Å²) in [5.41, 5.74) is -0.759. The lowest BCUT2D eigenvalue weighted by Gasteiger charge is -2.18. The van der Waals surface area contributed by atoms with Gasteiger partial charge in [0.15, 0.2) is 5.69 Å². The molecule has 2 aromatic heterocycles. The van der Waals surface area contributed by atoms with Crippen molar-refractivity contribution in [1.29, 1.82) is 5.26 Å².